The van der Waals surface area contributed by atoms with Crippen molar-refractivity contribution in [2.45, 2.75) is 65.8 Å². The third-order valence-corrected chi connectivity index (χ3v) is 4.22. The minimum Gasteiger partial charge on any atom is -0.383 e. The lowest BCUT2D eigenvalue weighted by molar-refractivity contribution is -0.145. The third-order valence-electron chi connectivity index (χ3n) is 4.22. The highest BCUT2D eigenvalue weighted by Gasteiger charge is 2.39. The second-order valence-corrected chi connectivity index (χ2v) is 5.73. The van der Waals surface area contributed by atoms with Gasteiger partial charge in [-0.3, -0.25) is 4.79 Å². The maximum atomic E-state index is 13.1. The van der Waals surface area contributed by atoms with Crippen molar-refractivity contribution < 1.29 is 9.53 Å². The monoisotopic (exact) mass is 286 g/mol. The number of nitrogens with zero attached hydrogens (tertiary/aromatic N) is 1. The molecule has 0 spiro atoms. The van der Waals surface area contributed by atoms with Crippen molar-refractivity contribution in [3.8, 4) is 0 Å². The molecule has 0 aromatic heterocycles. The van der Waals surface area contributed by atoms with Crippen molar-refractivity contribution in [3.63, 3.8) is 0 Å². The molecule has 20 heavy (non-hydrogen) atoms. The van der Waals surface area contributed by atoms with Crippen molar-refractivity contribution in [1.29, 1.82) is 0 Å². The molecule has 0 aliphatic heterocycles. The normalized spacial score (nSPS) is 13.3. The van der Waals surface area contributed by atoms with Crippen molar-refractivity contribution in [2.24, 2.45) is 11.1 Å². The van der Waals surface area contributed by atoms with Gasteiger partial charge in [-0.25, -0.2) is 0 Å². The molecule has 4 heteroatoms. The molecule has 2 N–H and O–H groups in total. The van der Waals surface area contributed by atoms with E-state index in [1.807, 2.05) is 4.90 Å². The highest BCUT2D eigenvalue weighted by Crippen LogP contribution is 2.32. The van der Waals surface area contributed by atoms with E-state index in [2.05, 4.69) is 27.7 Å². The first-order chi connectivity index (χ1) is 9.52. The summed E-state index contributed by atoms with van der Waals surface area (Å²) < 4.78 is 5.16. The summed E-state index contributed by atoms with van der Waals surface area (Å²) in [4.78, 5) is 15.0. The van der Waals surface area contributed by atoms with E-state index in [-0.39, 0.29) is 17.4 Å². The molecule has 0 aliphatic rings. The Morgan fingerprint density at radius 1 is 1.25 bits per heavy atom. The van der Waals surface area contributed by atoms with Crippen LogP contribution in [-0.2, 0) is 9.53 Å². The Labute approximate surface area is 125 Å². The van der Waals surface area contributed by atoms with Crippen molar-refractivity contribution in [3.05, 3.63) is 0 Å². The van der Waals surface area contributed by atoms with E-state index < -0.39 is 0 Å². The molecule has 1 atom stereocenters. The number of hydrogen-bond donors (Lipinski definition) is 1. The van der Waals surface area contributed by atoms with Crippen LogP contribution in [0, 0.1) is 5.41 Å². The Bertz CT molecular complexity index is 263. The molecular weight excluding hydrogens is 252 g/mol. The minimum absolute atomic E-state index is 0.218. The number of rotatable bonds is 11. The summed E-state index contributed by atoms with van der Waals surface area (Å²) >= 11 is 0. The van der Waals surface area contributed by atoms with Gasteiger partial charge in [-0.05, 0) is 26.2 Å². The lowest BCUT2D eigenvalue weighted by Crippen LogP contribution is -2.52. The third kappa shape index (κ3) is 5.06. The SMILES string of the molecule is CCCC(CN)(CCC)C(=O)N(CCOC)C(C)CC. The molecule has 4 nitrogen and oxygen atoms in total. The first kappa shape index (κ1) is 19.4. The first-order valence-electron chi connectivity index (χ1n) is 8.02. The number of methoxy groups -OCH3 is 1. The summed E-state index contributed by atoms with van der Waals surface area (Å²) in [5.74, 6) is 0.218. The molecule has 0 rings (SSSR count). The average molecular weight is 286 g/mol. The molecule has 0 saturated heterocycles. The smallest absolute Gasteiger partial charge is 0.230 e. The molecule has 0 bridgehead atoms. The van der Waals surface area contributed by atoms with E-state index in [1.54, 1.807) is 7.11 Å². The molecule has 0 aromatic carbocycles. The van der Waals surface area contributed by atoms with E-state index >= 15 is 0 Å². The van der Waals surface area contributed by atoms with Gasteiger partial charge in [0.15, 0.2) is 0 Å². The van der Waals surface area contributed by atoms with Crippen molar-refractivity contribution >= 4 is 5.91 Å². The standard InChI is InChI=1S/C16H34N2O2/c1-6-9-16(13-17,10-7-2)15(19)18(11-12-20-5)14(4)8-3/h14H,6-13,17H2,1-5H3. The van der Waals surface area contributed by atoms with E-state index in [0.29, 0.717) is 19.7 Å². The zero-order chi connectivity index (χ0) is 15.6. The summed E-state index contributed by atoms with van der Waals surface area (Å²) in [7, 11) is 1.67. The molecule has 0 fully saturated rings. The lowest BCUT2D eigenvalue weighted by atomic mass is 9.77. The number of ether oxygens (including phenoxy) is 1. The van der Waals surface area contributed by atoms with Gasteiger partial charge in [0.25, 0.3) is 0 Å². The molecular formula is C16H34N2O2. The lowest BCUT2D eigenvalue weighted by Gasteiger charge is -2.39. The number of hydrogen-bond acceptors (Lipinski definition) is 3. The number of amides is 1. The second-order valence-electron chi connectivity index (χ2n) is 5.73. The molecule has 1 unspecified atom stereocenters. The highest BCUT2D eigenvalue weighted by molar-refractivity contribution is 5.83. The minimum atomic E-state index is -0.388. The Kier molecular flexibility index (Phi) is 9.86. The van der Waals surface area contributed by atoms with E-state index in [1.165, 1.54) is 0 Å². The van der Waals surface area contributed by atoms with Crippen LogP contribution in [0.4, 0.5) is 0 Å². The maximum Gasteiger partial charge on any atom is 0.230 e. The fourth-order valence-corrected chi connectivity index (χ4v) is 2.82. The van der Waals surface area contributed by atoms with E-state index in [9.17, 15) is 4.79 Å². The summed E-state index contributed by atoms with van der Waals surface area (Å²) in [6.45, 7) is 10.1. The van der Waals surface area contributed by atoms with Gasteiger partial charge >= 0.3 is 0 Å². The number of carbonyl (C=O) groups is 1. The molecule has 0 radical (unpaired) electrons. The van der Waals surface area contributed by atoms with Gasteiger partial charge in [0, 0.05) is 26.2 Å². The molecule has 0 saturated carbocycles. The van der Waals surface area contributed by atoms with Gasteiger partial charge in [-0.15, -0.1) is 0 Å². The predicted octanol–water partition coefficient (Wildman–Crippen LogP) is 2.81. The van der Waals surface area contributed by atoms with Crippen molar-refractivity contribution in [2.75, 3.05) is 26.8 Å². The van der Waals surface area contributed by atoms with Gasteiger partial charge in [-0.1, -0.05) is 33.6 Å². The fraction of sp³-hybridized carbons (Fsp3) is 0.938. The summed E-state index contributed by atoms with van der Waals surface area (Å²) in [6.07, 6.45) is 4.67. The molecule has 1 amide bonds. The van der Waals surface area contributed by atoms with Crippen LogP contribution in [0.3, 0.4) is 0 Å². The first-order valence-corrected chi connectivity index (χ1v) is 8.02. The zero-order valence-corrected chi connectivity index (χ0v) is 14.1. The van der Waals surface area contributed by atoms with Gasteiger partial charge in [0.1, 0.15) is 0 Å². The van der Waals surface area contributed by atoms with Crippen LogP contribution in [0.15, 0.2) is 0 Å². The van der Waals surface area contributed by atoms with Crippen LogP contribution in [0.2, 0.25) is 0 Å². The maximum absolute atomic E-state index is 13.1. The predicted molar refractivity (Wildman–Crippen MR) is 84.6 cm³/mol. The Balaban J connectivity index is 5.20. The van der Waals surface area contributed by atoms with E-state index in [0.717, 1.165) is 32.1 Å². The van der Waals surface area contributed by atoms with Crippen LogP contribution in [0.5, 0.6) is 0 Å². The number of carbonyl (C=O) groups excluding carboxylic acids is 1. The van der Waals surface area contributed by atoms with Gasteiger partial charge in [0.2, 0.25) is 5.91 Å². The quantitative estimate of drug-likeness (QED) is 0.635. The van der Waals surface area contributed by atoms with Gasteiger partial charge in [0.05, 0.1) is 12.0 Å². The summed E-state index contributed by atoms with van der Waals surface area (Å²) in [5, 5.41) is 0. The Morgan fingerprint density at radius 2 is 1.80 bits per heavy atom. The number of nitrogens with two attached hydrogens (primary N) is 1. The molecule has 0 aromatic rings. The van der Waals surface area contributed by atoms with Crippen LogP contribution in [0.1, 0.15) is 59.8 Å². The topological polar surface area (TPSA) is 55.6 Å². The van der Waals surface area contributed by atoms with Crippen LogP contribution >= 0.6 is 0 Å². The highest BCUT2D eigenvalue weighted by atomic mass is 16.5. The summed E-state index contributed by atoms with van der Waals surface area (Å²) in [5.41, 5.74) is 5.62. The largest absolute Gasteiger partial charge is 0.383 e. The van der Waals surface area contributed by atoms with Crippen LogP contribution < -0.4 is 5.73 Å². The average Bonchev–Trinajstić information content (AvgIpc) is 2.46. The van der Waals surface area contributed by atoms with Gasteiger partial charge in [-0.2, -0.15) is 0 Å². The fourth-order valence-electron chi connectivity index (χ4n) is 2.82. The van der Waals surface area contributed by atoms with E-state index in [4.69, 9.17) is 10.5 Å². The van der Waals surface area contributed by atoms with Gasteiger partial charge < -0.3 is 15.4 Å². The van der Waals surface area contributed by atoms with Crippen molar-refractivity contribution in [1.82, 2.24) is 4.90 Å². The zero-order valence-electron chi connectivity index (χ0n) is 14.1. The Hall–Kier alpha value is -0.610. The molecule has 120 valence electrons. The molecule has 0 aliphatic carbocycles. The summed E-state index contributed by atoms with van der Waals surface area (Å²) in [6, 6.07) is 0.234. The Morgan fingerprint density at radius 3 is 2.15 bits per heavy atom. The second kappa shape index (κ2) is 10.2. The van der Waals surface area contributed by atoms with Crippen LogP contribution in [0.25, 0.3) is 0 Å². The molecule has 0 heterocycles. The van der Waals surface area contributed by atoms with Crippen LogP contribution in [-0.4, -0.2) is 43.7 Å².